The Kier molecular flexibility index (Phi) is 4.54. The predicted octanol–water partition coefficient (Wildman–Crippen LogP) is 1.75. The van der Waals surface area contributed by atoms with Crippen LogP contribution in [0.15, 0.2) is 18.2 Å². The molecule has 1 fully saturated rings. The molecule has 2 rings (SSSR count). The molecule has 7 heteroatoms. The molecule has 1 saturated heterocycles. The molecule has 1 N–H and O–H groups in total. The zero-order valence-electron chi connectivity index (χ0n) is 12.0. The summed E-state index contributed by atoms with van der Waals surface area (Å²) in [6.07, 6.45) is -0.846. The van der Waals surface area contributed by atoms with Crippen LogP contribution in [0.5, 0.6) is 0 Å². The Morgan fingerprint density at radius 1 is 1.57 bits per heavy atom. The van der Waals surface area contributed by atoms with Crippen molar-refractivity contribution in [3.05, 3.63) is 39.4 Å². The molecule has 0 saturated carbocycles. The van der Waals surface area contributed by atoms with Crippen molar-refractivity contribution in [1.29, 1.82) is 0 Å². The highest BCUT2D eigenvalue weighted by Crippen LogP contribution is 2.27. The second kappa shape index (κ2) is 6.19. The van der Waals surface area contributed by atoms with E-state index >= 15 is 0 Å². The van der Waals surface area contributed by atoms with Gasteiger partial charge in [-0.05, 0) is 19.4 Å². The molecule has 1 aliphatic rings. The van der Waals surface area contributed by atoms with Crippen molar-refractivity contribution in [2.24, 2.45) is 0 Å². The number of nitro groups is 1. The van der Waals surface area contributed by atoms with Crippen LogP contribution in [0.1, 0.15) is 24.1 Å². The highest BCUT2D eigenvalue weighted by Gasteiger charge is 2.29. The van der Waals surface area contributed by atoms with E-state index in [0.717, 1.165) is 5.56 Å². The van der Waals surface area contributed by atoms with Crippen LogP contribution in [0.4, 0.5) is 5.69 Å². The van der Waals surface area contributed by atoms with Gasteiger partial charge in [0, 0.05) is 30.8 Å². The Labute approximate surface area is 122 Å². The molecule has 7 nitrogen and oxygen atoms in total. The first-order chi connectivity index (χ1) is 9.90. The zero-order chi connectivity index (χ0) is 15.6. The van der Waals surface area contributed by atoms with Gasteiger partial charge in [-0.1, -0.05) is 12.1 Å². The van der Waals surface area contributed by atoms with Crippen molar-refractivity contribution in [3.8, 4) is 0 Å². The van der Waals surface area contributed by atoms with E-state index in [1.165, 1.54) is 0 Å². The fourth-order valence-electron chi connectivity index (χ4n) is 2.46. The van der Waals surface area contributed by atoms with Gasteiger partial charge in [0.1, 0.15) is 0 Å². The highest BCUT2D eigenvalue weighted by molar-refractivity contribution is 5.72. The number of ether oxygens (including phenoxy) is 1. The summed E-state index contributed by atoms with van der Waals surface area (Å²) in [7, 11) is 0. The predicted molar refractivity (Wildman–Crippen MR) is 75.2 cm³/mol. The van der Waals surface area contributed by atoms with E-state index in [9.17, 15) is 14.9 Å². The molecule has 0 aromatic heterocycles. The number of hydrogen-bond donors (Lipinski definition) is 1. The summed E-state index contributed by atoms with van der Waals surface area (Å²) < 4.78 is 5.19. The smallest absolute Gasteiger partial charge is 0.334 e. The summed E-state index contributed by atoms with van der Waals surface area (Å²) in [4.78, 5) is 23.6. The van der Waals surface area contributed by atoms with Gasteiger partial charge < -0.3 is 9.84 Å². The van der Waals surface area contributed by atoms with Gasteiger partial charge in [0.15, 0.2) is 6.10 Å². The van der Waals surface area contributed by atoms with Crippen LogP contribution in [-0.2, 0) is 9.53 Å². The number of morpholine rings is 1. The maximum Gasteiger partial charge on any atom is 0.334 e. The monoisotopic (exact) mass is 294 g/mol. The van der Waals surface area contributed by atoms with Crippen LogP contribution in [0.3, 0.4) is 0 Å². The number of carboxylic acids is 1. The average Bonchev–Trinajstić information content (AvgIpc) is 2.46. The molecule has 1 aromatic rings. The summed E-state index contributed by atoms with van der Waals surface area (Å²) >= 11 is 0. The quantitative estimate of drug-likeness (QED) is 0.671. The second-order valence-corrected chi connectivity index (χ2v) is 5.17. The van der Waals surface area contributed by atoms with Gasteiger partial charge >= 0.3 is 5.97 Å². The molecule has 2 atom stereocenters. The maximum atomic E-state index is 11.0. The van der Waals surface area contributed by atoms with Gasteiger partial charge in [-0.3, -0.25) is 15.0 Å². The first-order valence-corrected chi connectivity index (χ1v) is 6.73. The normalized spacial score (nSPS) is 21.0. The Morgan fingerprint density at radius 3 is 2.90 bits per heavy atom. The number of aliphatic carboxylic acids is 1. The molecule has 114 valence electrons. The summed E-state index contributed by atoms with van der Waals surface area (Å²) in [5.74, 6) is -0.984. The van der Waals surface area contributed by atoms with Crippen molar-refractivity contribution < 1.29 is 19.6 Å². The van der Waals surface area contributed by atoms with Crippen LogP contribution >= 0.6 is 0 Å². The van der Waals surface area contributed by atoms with Gasteiger partial charge in [0.05, 0.1) is 11.5 Å². The molecular weight excluding hydrogens is 276 g/mol. The summed E-state index contributed by atoms with van der Waals surface area (Å²) in [6.45, 7) is 4.83. The Morgan fingerprint density at radius 2 is 2.29 bits per heavy atom. The molecule has 0 aliphatic carbocycles. The van der Waals surface area contributed by atoms with E-state index in [1.807, 2.05) is 17.9 Å². The first kappa shape index (κ1) is 15.4. The van der Waals surface area contributed by atoms with Crippen LogP contribution < -0.4 is 0 Å². The number of carboxylic acid groups (broad SMARTS) is 1. The lowest BCUT2D eigenvalue weighted by Gasteiger charge is -2.35. The second-order valence-electron chi connectivity index (χ2n) is 5.17. The summed E-state index contributed by atoms with van der Waals surface area (Å²) in [5, 5.41) is 20.0. The summed E-state index contributed by atoms with van der Waals surface area (Å²) in [5.41, 5.74) is 1.50. The Hall–Kier alpha value is -1.99. The zero-order valence-corrected chi connectivity index (χ0v) is 12.0. The van der Waals surface area contributed by atoms with E-state index in [2.05, 4.69) is 0 Å². The topological polar surface area (TPSA) is 92.9 Å². The van der Waals surface area contributed by atoms with Crippen molar-refractivity contribution in [3.63, 3.8) is 0 Å². The summed E-state index contributed by atoms with van der Waals surface area (Å²) in [6, 6.07) is 5.03. The Balaban J connectivity index is 2.19. The fourth-order valence-corrected chi connectivity index (χ4v) is 2.46. The molecule has 1 aromatic carbocycles. The minimum absolute atomic E-state index is 0.0856. The molecule has 0 spiro atoms. The minimum atomic E-state index is -0.984. The SMILES string of the molecule is Cc1ccc(C(C)N2CCOC(C(=O)O)C2)cc1[N+](=O)[O-]. The molecule has 2 unspecified atom stereocenters. The van der Waals surface area contributed by atoms with Crippen LogP contribution in [0.25, 0.3) is 0 Å². The molecule has 21 heavy (non-hydrogen) atoms. The molecular formula is C14H18N2O5. The third kappa shape index (κ3) is 3.37. The largest absolute Gasteiger partial charge is 0.479 e. The first-order valence-electron chi connectivity index (χ1n) is 6.73. The lowest BCUT2D eigenvalue weighted by molar-refractivity contribution is -0.385. The van der Waals surface area contributed by atoms with Crippen molar-refractivity contribution in [1.82, 2.24) is 4.90 Å². The van der Waals surface area contributed by atoms with Crippen molar-refractivity contribution >= 4 is 11.7 Å². The van der Waals surface area contributed by atoms with Crippen molar-refractivity contribution in [2.75, 3.05) is 19.7 Å². The van der Waals surface area contributed by atoms with Crippen LogP contribution in [0, 0.1) is 17.0 Å². The molecule has 0 amide bonds. The standard InChI is InChI=1S/C14H18N2O5/c1-9-3-4-11(7-12(9)16(19)20)10(2)15-5-6-21-13(8-15)14(17)18/h3-4,7,10,13H,5-6,8H2,1-2H3,(H,17,18). The van der Waals surface area contributed by atoms with E-state index in [4.69, 9.17) is 9.84 Å². The molecule has 0 bridgehead atoms. The lowest BCUT2D eigenvalue weighted by Crippen LogP contribution is -2.46. The number of aryl methyl sites for hydroxylation is 1. The van der Waals surface area contributed by atoms with Gasteiger partial charge in [0.2, 0.25) is 0 Å². The van der Waals surface area contributed by atoms with E-state index in [1.54, 1.807) is 19.1 Å². The van der Waals surface area contributed by atoms with E-state index in [0.29, 0.717) is 18.7 Å². The van der Waals surface area contributed by atoms with Crippen LogP contribution in [0.2, 0.25) is 0 Å². The third-order valence-corrected chi connectivity index (χ3v) is 3.83. The van der Waals surface area contributed by atoms with E-state index in [-0.39, 0.29) is 18.3 Å². The minimum Gasteiger partial charge on any atom is -0.479 e. The van der Waals surface area contributed by atoms with Gasteiger partial charge in [-0.2, -0.15) is 0 Å². The molecule has 1 heterocycles. The maximum absolute atomic E-state index is 11.0. The number of hydrogen-bond acceptors (Lipinski definition) is 5. The van der Waals surface area contributed by atoms with E-state index < -0.39 is 17.0 Å². The average molecular weight is 294 g/mol. The lowest BCUT2D eigenvalue weighted by atomic mass is 10.0. The highest BCUT2D eigenvalue weighted by atomic mass is 16.6. The number of benzene rings is 1. The van der Waals surface area contributed by atoms with Gasteiger partial charge in [-0.15, -0.1) is 0 Å². The number of nitro benzene ring substituents is 1. The number of rotatable bonds is 4. The van der Waals surface area contributed by atoms with Gasteiger partial charge in [0.25, 0.3) is 5.69 Å². The van der Waals surface area contributed by atoms with Crippen LogP contribution in [-0.4, -0.2) is 46.7 Å². The fraction of sp³-hybridized carbons (Fsp3) is 0.500. The Bertz CT molecular complexity index is 560. The van der Waals surface area contributed by atoms with Crippen molar-refractivity contribution in [2.45, 2.75) is 26.0 Å². The third-order valence-electron chi connectivity index (χ3n) is 3.83. The molecule has 0 radical (unpaired) electrons. The number of nitrogens with zero attached hydrogens (tertiary/aromatic N) is 2. The number of carbonyl (C=O) groups is 1. The molecule has 1 aliphatic heterocycles. The van der Waals surface area contributed by atoms with Gasteiger partial charge in [-0.25, -0.2) is 4.79 Å².